The molecule has 1 aliphatic rings. The van der Waals surface area contributed by atoms with Gasteiger partial charge in [0.15, 0.2) is 0 Å². The number of benzene rings is 1. The standard InChI is InChI=1S/C20H21F3N6O/c21-20(22,23)11-5-1-3-7-13(11)26-17-16-15(9-10-25-18(16)30)28-19(29-17)27-14-8-4-2-6-12(14)24/h1,3,5,7,9-10,12,14H,2,4,6,8,24H2,(H,25,30)(H2,26,27,28,29)/t12-,14-/m1/s1. The van der Waals surface area contributed by atoms with Gasteiger partial charge in [-0.1, -0.05) is 25.0 Å². The van der Waals surface area contributed by atoms with Crippen LogP contribution in [0.15, 0.2) is 41.3 Å². The molecule has 0 bridgehead atoms. The van der Waals surface area contributed by atoms with Crippen molar-refractivity contribution >= 4 is 28.4 Å². The highest BCUT2D eigenvalue weighted by Gasteiger charge is 2.33. The molecule has 0 aliphatic heterocycles. The molecule has 1 aromatic carbocycles. The number of halogens is 3. The summed E-state index contributed by atoms with van der Waals surface area (Å²) in [5, 5.41) is 5.96. The summed E-state index contributed by atoms with van der Waals surface area (Å²) in [6, 6.07) is 6.49. The average molecular weight is 418 g/mol. The van der Waals surface area contributed by atoms with E-state index >= 15 is 0 Å². The van der Waals surface area contributed by atoms with Crippen LogP contribution in [0.1, 0.15) is 31.2 Å². The Morgan fingerprint density at radius 3 is 2.63 bits per heavy atom. The van der Waals surface area contributed by atoms with E-state index in [-0.39, 0.29) is 34.9 Å². The molecule has 2 aromatic heterocycles. The number of para-hydroxylation sites is 1. The summed E-state index contributed by atoms with van der Waals surface area (Å²) >= 11 is 0. The minimum Gasteiger partial charge on any atom is -0.350 e. The normalized spacial score (nSPS) is 19.6. The number of rotatable bonds is 4. The van der Waals surface area contributed by atoms with E-state index in [9.17, 15) is 18.0 Å². The molecule has 2 atom stereocenters. The number of pyridine rings is 1. The van der Waals surface area contributed by atoms with Gasteiger partial charge in [0.05, 0.1) is 16.8 Å². The monoisotopic (exact) mass is 418 g/mol. The fourth-order valence-electron chi connectivity index (χ4n) is 3.72. The number of hydrogen-bond donors (Lipinski definition) is 4. The number of hydrogen-bond acceptors (Lipinski definition) is 6. The molecule has 5 N–H and O–H groups in total. The molecule has 3 aromatic rings. The molecule has 0 radical (unpaired) electrons. The first kappa shape index (κ1) is 20.1. The summed E-state index contributed by atoms with van der Waals surface area (Å²) in [7, 11) is 0. The van der Waals surface area contributed by atoms with E-state index < -0.39 is 17.3 Å². The number of anilines is 3. The molecular weight excluding hydrogens is 397 g/mol. The maximum absolute atomic E-state index is 13.4. The molecule has 1 fully saturated rings. The smallest absolute Gasteiger partial charge is 0.350 e. The van der Waals surface area contributed by atoms with Crippen LogP contribution in [-0.4, -0.2) is 27.0 Å². The lowest BCUT2D eigenvalue weighted by molar-refractivity contribution is -0.136. The molecular formula is C20H21F3N6O. The first-order valence-corrected chi connectivity index (χ1v) is 9.68. The SMILES string of the molecule is N[C@@H]1CCCC[C@H]1Nc1nc(Nc2ccccc2C(F)(F)F)c2c(=O)[nH]ccc2n1. The summed E-state index contributed by atoms with van der Waals surface area (Å²) in [5.74, 6) is 0.202. The zero-order valence-electron chi connectivity index (χ0n) is 16.0. The van der Waals surface area contributed by atoms with Gasteiger partial charge in [0.1, 0.15) is 11.2 Å². The first-order chi connectivity index (χ1) is 14.3. The summed E-state index contributed by atoms with van der Waals surface area (Å²) in [6.45, 7) is 0. The Labute approximate surface area is 169 Å². The molecule has 10 heteroatoms. The number of nitrogens with two attached hydrogens (primary N) is 1. The molecule has 30 heavy (non-hydrogen) atoms. The highest BCUT2D eigenvalue weighted by Crippen LogP contribution is 2.36. The van der Waals surface area contributed by atoms with Gasteiger partial charge in [0.2, 0.25) is 5.95 Å². The number of fused-ring (bicyclic) bond motifs is 1. The molecule has 0 amide bonds. The molecule has 0 spiro atoms. The van der Waals surface area contributed by atoms with E-state index in [1.54, 1.807) is 6.07 Å². The van der Waals surface area contributed by atoms with Crippen LogP contribution in [0.2, 0.25) is 0 Å². The summed E-state index contributed by atoms with van der Waals surface area (Å²) in [5.41, 5.74) is 4.94. The van der Waals surface area contributed by atoms with Crippen LogP contribution in [0.25, 0.3) is 10.9 Å². The average Bonchev–Trinajstić information content (AvgIpc) is 2.69. The Kier molecular flexibility index (Phi) is 5.33. The van der Waals surface area contributed by atoms with Crippen molar-refractivity contribution in [2.75, 3.05) is 10.6 Å². The van der Waals surface area contributed by atoms with Crippen LogP contribution in [0.4, 0.5) is 30.6 Å². The van der Waals surface area contributed by atoms with Crippen LogP contribution in [0, 0.1) is 0 Å². The second-order valence-corrected chi connectivity index (χ2v) is 7.33. The van der Waals surface area contributed by atoms with E-state index in [1.807, 2.05) is 0 Å². The van der Waals surface area contributed by atoms with E-state index in [4.69, 9.17) is 5.73 Å². The maximum atomic E-state index is 13.4. The highest BCUT2D eigenvalue weighted by molar-refractivity contribution is 5.91. The van der Waals surface area contributed by atoms with Crippen LogP contribution < -0.4 is 21.9 Å². The number of aromatic nitrogens is 3. The van der Waals surface area contributed by atoms with Crippen molar-refractivity contribution in [3.8, 4) is 0 Å². The topological polar surface area (TPSA) is 109 Å². The van der Waals surface area contributed by atoms with Crippen LogP contribution in [-0.2, 0) is 6.18 Å². The van der Waals surface area contributed by atoms with Crippen molar-refractivity contribution in [1.29, 1.82) is 0 Å². The molecule has 158 valence electrons. The number of aromatic amines is 1. The number of H-pyrrole nitrogens is 1. The van der Waals surface area contributed by atoms with Crippen LogP contribution in [0.5, 0.6) is 0 Å². The Morgan fingerprint density at radius 2 is 1.87 bits per heavy atom. The quantitative estimate of drug-likeness (QED) is 0.514. The van der Waals surface area contributed by atoms with E-state index in [0.29, 0.717) is 5.52 Å². The van der Waals surface area contributed by atoms with Gasteiger partial charge in [0, 0.05) is 18.3 Å². The molecule has 2 heterocycles. The lowest BCUT2D eigenvalue weighted by atomic mass is 9.91. The van der Waals surface area contributed by atoms with Crippen molar-refractivity contribution in [3.05, 3.63) is 52.4 Å². The van der Waals surface area contributed by atoms with Gasteiger partial charge < -0.3 is 21.4 Å². The van der Waals surface area contributed by atoms with Crippen LogP contribution >= 0.6 is 0 Å². The maximum Gasteiger partial charge on any atom is 0.418 e. The molecule has 4 rings (SSSR count). The van der Waals surface area contributed by atoms with Crippen molar-refractivity contribution in [3.63, 3.8) is 0 Å². The molecule has 1 saturated carbocycles. The lowest BCUT2D eigenvalue weighted by Crippen LogP contribution is -2.43. The third-order valence-electron chi connectivity index (χ3n) is 5.24. The summed E-state index contributed by atoms with van der Waals surface area (Å²) < 4.78 is 40.2. The zero-order valence-corrected chi connectivity index (χ0v) is 16.0. The van der Waals surface area contributed by atoms with Gasteiger partial charge in [-0.25, -0.2) is 4.98 Å². The van der Waals surface area contributed by atoms with Crippen molar-refractivity contribution in [2.24, 2.45) is 5.73 Å². The van der Waals surface area contributed by atoms with Gasteiger partial charge in [-0.3, -0.25) is 4.79 Å². The first-order valence-electron chi connectivity index (χ1n) is 9.68. The van der Waals surface area contributed by atoms with Crippen LogP contribution in [0.3, 0.4) is 0 Å². The third-order valence-corrected chi connectivity index (χ3v) is 5.24. The van der Waals surface area contributed by atoms with Crippen molar-refractivity contribution < 1.29 is 13.2 Å². The van der Waals surface area contributed by atoms with Crippen molar-refractivity contribution in [2.45, 2.75) is 43.9 Å². The van der Waals surface area contributed by atoms with Gasteiger partial charge in [-0.2, -0.15) is 18.2 Å². The van der Waals surface area contributed by atoms with Gasteiger partial charge in [0.25, 0.3) is 5.56 Å². The highest BCUT2D eigenvalue weighted by atomic mass is 19.4. The number of alkyl halides is 3. The van der Waals surface area contributed by atoms with E-state index in [1.165, 1.54) is 24.4 Å². The minimum atomic E-state index is -4.56. The molecule has 7 nitrogen and oxygen atoms in total. The summed E-state index contributed by atoms with van der Waals surface area (Å²) in [4.78, 5) is 23.6. The van der Waals surface area contributed by atoms with Gasteiger partial charge in [-0.05, 0) is 31.0 Å². The molecule has 1 aliphatic carbocycles. The van der Waals surface area contributed by atoms with Gasteiger partial charge >= 0.3 is 6.18 Å². The Hall–Kier alpha value is -3.14. The Morgan fingerprint density at radius 1 is 1.10 bits per heavy atom. The fraction of sp³-hybridized carbons (Fsp3) is 0.350. The number of nitrogens with one attached hydrogen (secondary N) is 3. The fourth-order valence-corrected chi connectivity index (χ4v) is 3.72. The molecule has 0 saturated heterocycles. The second kappa shape index (κ2) is 7.94. The van der Waals surface area contributed by atoms with E-state index in [2.05, 4.69) is 25.6 Å². The van der Waals surface area contributed by atoms with Crippen molar-refractivity contribution in [1.82, 2.24) is 15.0 Å². The van der Waals surface area contributed by atoms with E-state index in [0.717, 1.165) is 31.7 Å². The predicted molar refractivity (Wildman–Crippen MR) is 109 cm³/mol. The Balaban J connectivity index is 1.78. The Bertz CT molecular complexity index is 1110. The number of nitrogens with zero attached hydrogens (tertiary/aromatic N) is 2. The minimum absolute atomic E-state index is 0.00886. The lowest BCUT2D eigenvalue weighted by Gasteiger charge is -2.29. The zero-order chi connectivity index (χ0) is 21.3. The third kappa shape index (κ3) is 4.09. The van der Waals surface area contributed by atoms with Gasteiger partial charge in [-0.15, -0.1) is 0 Å². The molecule has 0 unspecified atom stereocenters. The summed E-state index contributed by atoms with van der Waals surface area (Å²) in [6.07, 6.45) is 0.652. The second-order valence-electron chi connectivity index (χ2n) is 7.33. The largest absolute Gasteiger partial charge is 0.418 e. The predicted octanol–water partition coefficient (Wildman–Crippen LogP) is 3.76.